The van der Waals surface area contributed by atoms with E-state index in [0.29, 0.717) is 0 Å². The molecule has 3 nitrogen and oxygen atoms in total. The van der Waals surface area contributed by atoms with Crippen molar-refractivity contribution in [2.75, 3.05) is 18.1 Å². The van der Waals surface area contributed by atoms with Gasteiger partial charge in [0.05, 0.1) is 0 Å². The first-order valence-corrected chi connectivity index (χ1v) is 6.70. The van der Waals surface area contributed by atoms with Crippen molar-refractivity contribution in [2.45, 2.75) is 39.7 Å². The lowest BCUT2D eigenvalue weighted by atomic mass is 10.1. The number of thioether (sulfide) groups is 1. The Bertz CT molecular complexity index is 197. The van der Waals surface area contributed by atoms with Gasteiger partial charge in [0.25, 0.3) is 0 Å². The molecule has 0 aliphatic heterocycles. The summed E-state index contributed by atoms with van der Waals surface area (Å²) >= 11 is 1.79. The maximum Gasteiger partial charge on any atom is 0.238 e. The lowest BCUT2D eigenvalue weighted by Crippen LogP contribution is -2.55. The molecule has 0 fully saturated rings. The van der Waals surface area contributed by atoms with Crippen molar-refractivity contribution < 1.29 is 4.79 Å². The minimum atomic E-state index is -0.559. The van der Waals surface area contributed by atoms with E-state index in [9.17, 15) is 4.79 Å². The van der Waals surface area contributed by atoms with Gasteiger partial charge in [-0.3, -0.25) is 4.79 Å². The quantitative estimate of drug-likeness (QED) is 0.625. The van der Waals surface area contributed by atoms with E-state index in [1.165, 1.54) is 6.42 Å². The highest BCUT2D eigenvalue weighted by atomic mass is 32.2. The van der Waals surface area contributed by atoms with Crippen LogP contribution >= 0.6 is 11.8 Å². The summed E-state index contributed by atoms with van der Waals surface area (Å²) in [4.78, 5) is 11.3. The zero-order chi connectivity index (χ0) is 11.9. The average molecular weight is 232 g/mol. The van der Waals surface area contributed by atoms with Crippen LogP contribution < -0.4 is 11.1 Å². The number of hydrogen-bond acceptors (Lipinski definition) is 3. The summed E-state index contributed by atoms with van der Waals surface area (Å²) in [6.45, 7) is 9.04. The van der Waals surface area contributed by atoms with Crippen LogP contribution in [0.5, 0.6) is 0 Å². The second-order valence-corrected chi connectivity index (χ2v) is 5.57. The number of hydrogen-bond donors (Lipinski definition) is 2. The molecule has 0 aromatic heterocycles. The fourth-order valence-electron chi connectivity index (χ4n) is 1.19. The summed E-state index contributed by atoms with van der Waals surface area (Å²) in [6, 6.07) is 0. The van der Waals surface area contributed by atoms with Crippen molar-refractivity contribution in [3.63, 3.8) is 0 Å². The number of likely N-dealkylation sites (N-methyl/N-ethyl adjacent to an activating group) is 1. The Kier molecular flexibility index (Phi) is 7.02. The van der Waals surface area contributed by atoms with E-state index in [-0.39, 0.29) is 5.91 Å². The Balaban J connectivity index is 3.92. The molecule has 0 aromatic carbocycles. The summed E-state index contributed by atoms with van der Waals surface area (Å²) in [5, 5.41) is 3.15. The van der Waals surface area contributed by atoms with Gasteiger partial charge in [0.15, 0.2) is 0 Å². The lowest BCUT2D eigenvalue weighted by molar-refractivity contribution is -0.122. The van der Waals surface area contributed by atoms with Crippen LogP contribution in [0.3, 0.4) is 0 Å². The third-order valence-corrected chi connectivity index (χ3v) is 3.65. The van der Waals surface area contributed by atoms with Crippen molar-refractivity contribution >= 4 is 17.7 Å². The summed E-state index contributed by atoms with van der Waals surface area (Å²) in [5.74, 6) is 2.30. The van der Waals surface area contributed by atoms with Crippen LogP contribution in [0, 0.1) is 5.92 Å². The molecule has 1 unspecified atom stereocenters. The van der Waals surface area contributed by atoms with Crippen molar-refractivity contribution in [3.8, 4) is 0 Å². The van der Waals surface area contributed by atoms with E-state index >= 15 is 0 Å². The maximum absolute atomic E-state index is 11.3. The number of primary amides is 1. The van der Waals surface area contributed by atoms with Gasteiger partial charge < -0.3 is 11.1 Å². The average Bonchev–Trinajstić information content (AvgIpc) is 2.12. The molecule has 0 saturated carbocycles. The first kappa shape index (κ1) is 14.8. The second-order valence-electron chi connectivity index (χ2n) is 4.46. The van der Waals surface area contributed by atoms with Gasteiger partial charge in [-0.25, -0.2) is 0 Å². The summed E-state index contributed by atoms with van der Waals surface area (Å²) in [5.41, 5.74) is 4.83. The molecule has 4 heteroatoms. The van der Waals surface area contributed by atoms with Gasteiger partial charge >= 0.3 is 0 Å². The molecule has 3 N–H and O–H groups in total. The van der Waals surface area contributed by atoms with Gasteiger partial charge in [-0.05, 0) is 31.6 Å². The van der Waals surface area contributed by atoms with Crippen molar-refractivity contribution in [2.24, 2.45) is 11.7 Å². The molecular weight excluding hydrogens is 208 g/mol. The third kappa shape index (κ3) is 6.05. The van der Waals surface area contributed by atoms with Crippen LogP contribution in [0.15, 0.2) is 0 Å². The minimum absolute atomic E-state index is 0.263. The Labute approximate surface area is 97.6 Å². The number of amides is 1. The topological polar surface area (TPSA) is 55.1 Å². The molecule has 90 valence electrons. The number of carbonyl (C=O) groups is 1. The van der Waals surface area contributed by atoms with Crippen molar-refractivity contribution in [1.82, 2.24) is 5.32 Å². The summed E-state index contributed by atoms with van der Waals surface area (Å²) in [6.07, 6.45) is 1.19. The molecule has 0 aromatic rings. The van der Waals surface area contributed by atoms with Crippen molar-refractivity contribution in [3.05, 3.63) is 0 Å². The van der Waals surface area contributed by atoms with Gasteiger partial charge in [-0.2, -0.15) is 11.8 Å². The van der Waals surface area contributed by atoms with E-state index in [2.05, 4.69) is 19.2 Å². The van der Waals surface area contributed by atoms with Gasteiger partial charge in [0.1, 0.15) is 5.54 Å². The maximum atomic E-state index is 11.3. The van der Waals surface area contributed by atoms with E-state index in [0.717, 1.165) is 24.0 Å². The van der Waals surface area contributed by atoms with Gasteiger partial charge in [-0.1, -0.05) is 20.8 Å². The summed E-state index contributed by atoms with van der Waals surface area (Å²) in [7, 11) is 0. The molecule has 15 heavy (non-hydrogen) atoms. The molecule has 0 saturated heterocycles. The van der Waals surface area contributed by atoms with E-state index < -0.39 is 5.54 Å². The second kappa shape index (κ2) is 7.12. The van der Waals surface area contributed by atoms with Crippen molar-refractivity contribution in [1.29, 1.82) is 0 Å². The molecule has 0 spiro atoms. The van der Waals surface area contributed by atoms with Crippen LogP contribution in [0.2, 0.25) is 0 Å². The van der Waals surface area contributed by atoms with Crippen LogP contribution in [-0.4, -0.2) is 29.5 Å². The Morgan fingerprint density at radius 1 is 1.53 bits per heavy atom. The number of rotatable bonds is 8. The van der Waals surface area contributed by atoms with Gasteiger partial charge in [-0.15, -0.1) is 0 Å². The van der Waals surface area contributed by atoms with Crippen LogP contribution in [-0.2, 0) is 4.79 Å². The molecule has 0 rings (SSSR count). The Hall–Kier alpha value is -0.220. The Morgan fingerprint density at radius 3 is 2.53 bits per heavy atom. The molecule has 0 radical (unpaired) electrons. The van der Waals surface area contributed by atoms with Gasteiger partial charge in [0.2, 0.25) is 5.91 Å². The van der Waals surface area contributed by atoms with Crippen LogP contribution in [0.25, 0.3) is 0 Å². The molecule has 0 heterocycles. The SMILES string of the molecule is CCNC(C)(CSCCC(C)C)C(N)=O. The number of nitrogens with two attached hydrogens (primary N) is 1. The molecule has 0 aliphatic rings. The third-order valence-electron chi connectivity index (χ3n) is 2.34. The fraction of sp³-hybridized carbons (Fsp3) is 0.909. The van der Waals surface area contributed by atoms with E-state index in [1.807, 2.05) is 13.8 Å². The standard InChI is InChI=1S/C11H24N2OS/c1-5-13-11(4,10(12)14)8-15-7-6-9(2)3/h9,13H,5-8H2,1-4H3,(H2,12,14). The molecular formula is C11H24N2OS. The Morgan fingerprint density at radius 2 is 2.13 bits per heavy atom. The predicted octanol–water partition coefficient (Wildman–Crippen LogP) is 1.62. The van der Waals surface area contributed by atoms with E-state index in [4.69, 9.17) is 5.73 Å². The molecule has 1 amide bonds. The highest BCUT2D eigenvalue weighted by Gasteiger charge is 2.29. The first-order valence-electron chi connectivity index (χ1n) is 5.55. The largest absolute Gasteiger partial charge is 0.368 e. The monoisotopic (exact) mass is 232 g/mol. The zero-order valence-electron chi connectivity index (χ0n) is 10.3. The predicted molar refractivity (Wildman–Crippen MR) is 68.1 cm³/mol. The summed E-state index contributed by atoms with van der Waals surface area (Å²) < 4.78 is 0. The lowest BCUT2D eigenvalue weighted by Gasteiger charge is -2.26. The van der Waals surface area contributed by atoms with Crippen LogP contribution in [0.4, 0.5) is 0 Å². The van der Waals surface area contributed by atoms with E-state index in [1.54, 1.807) is 11.8 Å². The highest BCUT2D eigenvalue weighted by molar-refractivity contribution is 7.99. The first-order chi connectivity index (χ1) is 6.92. The zero-order valence-corrected chi connectivity index (χ0v) is 11.1. The molecule has 0 aliphatic carbocycles. The fourth-order valence-corrected chi connectivity index (χ4v) is 2.63. The van der Waals surface area contributed by atoms with Gasteiger partial charge in [0, 0.05) is 5.75 Å². The normalized spacial score (nSPS) is 15.3. The highest BCUT2D eigenvalue weighted by Crippen LogP contribution is 2.15. The van der Waals surface area contributed by atoms with Crippen LogP contribution in [0.1, 0.15) is 34.1 Å². The molecule has 0 bridgehead atoms. The smallest absolute Gasteiger partial charge is 0.238 e. The molecule has 1 atom stereocenters. The minimum Gasteiger partial charge on any atom is -0.368 e. The number of carbonyl (C=O) groups excluding carboxylic acids is 1. The number of nitrogens with one attached hydrogen (secondary N) is 1.